The van der Waals surface area contributed by atoms with Crippen LogP contribution in [0.1, 0.15) is 11.1 Å². The van der Waals surface area contributed by atoms with E-state index in [9.17, 15) is 4.79 Å². The van der Waals surface area contributed by atoms with E-state index in [-0.39, 0.29) is 12.5 Å². The molecule has 0 aliphatic carbocycles. The van der Waals surface area contributed by atoms with Crippen molar-refractivity contribution >= 4 is 52.5 Å². The normalized spacial score (nSPS) is 10.8. The number of carbonyl (C=O) groups is 1. The Balaban J connectivity index is 1.71. The summed E-state index contributed by atoms with van der Waals surface area (Å²) in [4.78, 5) is 12.5. The molecule has 0 heterocycles. The Morgan fingerprint density at radius 3 is 2.15 bits per heavy atom. The molecule has 0 bridgehead atoms. The number of nitrogens with one attached hydrogen (secondary N) is 1. The maximum Gasteiger partial charge on any atom is 0.248 e. The van der Waals surface area contributed by atoms with Gasteiger partial charge in [-0.2, -0.15) is 0 Å². The highest BCUT2D eigenvalue weighted by molar-refractivity contribution is 6.36. The second kappa shape index (κ2) is 11.9. The number of carbonyl (C=O) groups excluding carboxylic acids is 1. The first-order valence-corrected chi connectivity index (χ1v) is 11.1. The molecule has 3 rings (SSSR count). The first kappa shape index (κ1) is 25.6. The van der Waals surface area contributed by atoms with Gasteiger partial charge in [-0.25, -0.2) is 0 Å². The van der Waals surface area contributed by atoms with Gasteiger partial charge in [-0.05, 0) is 35.9 Å². The van der Waals surface area contributed by atoms with Crippen LogP contribution in [0.3, 0.4) is 0 Å². The maximum absolute atomic E-state index is 12.5. The van der Waals surface area contributed by atoms with E-state index >= 15 is 0 Å². The summed E-state index contributed by atoms with van der Waals surface area (Å²) < 4.78 is 21.8. The van der Waals surface area contributed by atoms with Crippen LogP contribution in [0.15, 0.2) is 54.6 Å². The summed E-state index contributed by atoms with van der Waals surface area (Å²) in [6, 6.07) is 13.7. The van der Waals surface area contributed by atoms with E-state index in [0.717, 1.165) is 5.56 Å². The number of hydrogen-bond acceptors (Lipinski definition) is 5. The number of benzene rings is 3. The lowest BCUT2D eigenvalue weighted by molar-refractivity contribution is -0.111. The summed E-state index contributed by atoms with van der Waals surface area (Å²) >= 11 is 18.5. The summed E-state index contributed by atoms with van der Waals surface area (Å²) in [7, 11) is 4.51. The van der Waals surface area contributed by atoms with Crippen molar-refractivity contribution in [1.82, 2.24) is 0 Å². The van der Waals surface area contributed by atoms with Crippen LogP contribution in [0.2, 0.25) is 15.1 Å². The Morgan fingerprint density at radius 1 is 0.824 bits per heavy atom. The first-order chi connectivity index (χ1) is 16.4. The molecule has 0 saturated heterocycles. The van der Waals surface area contributed by atoms with Gasteiger partial charge < -0.3 is 24.3 Å². The van der Waals surface area contributed by atoms with E-state index in [2.05, 4.69) is 5.32 Å². The van der Waals surface area contributed by atoms with Crippen LogP contribution >= 0.6 is 34.8 Å². The lowest BCUT2D eigenvalue weighted by Crippen LogP contribution is -2.09. The maximum atomic E-state index is 12.5. The zero-order valence-corrected chi connectivity index (χ0v) is 20.9. The molecule has 0 aliphatic heterocycles. The zero-order valence-electron chi connectivity index (χ0n) is 18.7. The molecule has 178 valence electrons. The zero-order chi connectivity index (χ0) is 24.7. The van der Waals surface area contributed by atoms with Crippen LogP contribution in [-0.4, -0.2) is 27.2 Å². The van der Waals surface area contributed by atoms with Crippen molar-refractivity contribution < 1.29 is 23.7 Å². The third-order valence-electron chi connectivity index (χ3n) is 4.78. The molecule has 6 nitrogen and oxygen atoms in total. The Morgan fingerprint density at radius 2 is 1.50 bits per heavy atom. The Hall–Kier alpha value is -3.06. The van der Waals surface area contributed by atoms with Gasteiger partial charge in [0.2, 0.25) is 5.91 Å². The van der Waals surface area contributed by atoms with Crippen LogP contribution in [0.4, 0.5) is 5.69 Å². The van der Waals surface area contributed by atoms with Crippen LogP contribution in [0, 0.1) is 0 Å². The van der Waals surface area contributed by atoms with Crippen molar-refractivity contribution in [2.24, 2.45) is 0 Å². The molecule has 3 aromatic carbocycles. The number of rotatable bonds is 9. The molecule has 0 aromatic heterocycles. The highest BCUT2D eigenvalue weighted by atomic mass is 35.5. The van der Waals surface area contributed by atoms with E-state index in [1.165, 1.54) is 27.4 Å². The van der Waals surface area contributed by atoms with Crippen LogP contribution in [0.25, 0.3) is 6.08 Å². The molecule has 0 unspecified atom stereocenters. The molecule has 34 heavy (non-hydrogen) atoms. The van der Waals surface area contributed by atoms with Gasteiger partial charge in [0.25, 0.3) is 0 Å². The smallest absolute Gasteiger partial charge is 0.248 e. The van der Waals surface area contributed by atoms with Gasteiger partial charge in [0, 0.05) is 33.8 Å². The molecular formula is C25H22Cl3NO5. The number of hydrogen-bond donors (Lipinski definition) is 1. The van der Waals surface area contributed by atoms with Crippen molar-refractivity contribution in [3.8, 4) is 23.0 Å². The van der Waals surface area contributed by atoms with Crippen LogP contribution in [-0.2, 0) is 11.4 Å². The van der Waals surface area contributed by atoms with Gasteiger partial charge in [-0.3, -0.25) is 4.79 Å². The van der Waals surface area contributed by atoms with Crippen molar-refractivity contribution in [3.05, 3.63) is 80.8 Å². The van der Waals surface area contributed by atoms with Gasteiger partial charge in [0.15, 0.2) is 11.5 Å². The topological polar surface area (TPSA) is 66.0 Å². The van der Waals surface area contributed by atoms with Crippen LogP contribution < -0.4 is 24.3 Å². The lowest BCUT2D eigenvalue weighted by Gasteiger charge is -2.13. The summed E-state index contributed by atoms with van der Waals surface area (Å²) in [5, 5.41) is 4.17. The average molecular weight is 523 g/mol. The van der Waals surface area contributed by atoms with E-state index in [4.69, 9.17) is 53.8 Å². The van der Waals surface area contributed by atoms with E-state index in [0.29, 0.717) is 49.3 Å². The molecule has 0 spiro atoms. The van der Waals surface area contributed by atoms with Gasteiger partial charge in [-0.1, -0.05) is 46.9 Å². The van der Waals surface area contributed by atoms with Crippen molar-refractivity contribution in [1.29, 1.82) is 0 Å². The highest BCUT2D eigenvalue weighted by Gasteiger charge is 2.12. The van der Waals surface area contributed by atoms with Gasteiger partial charge in [0.1, 0.15) is 18.1 Å². The highest BCUT2D eigenvalue weighted by Crippen LogP contribution is 2.36. The molecule has 1 amide bonds. The van der Waals surface area contributed by atoms with Crippen molar-refractivity contribution in [2.45, 2.75) is 6.61 Å². The SMILES string of the molecule is COc1cc(NC(=O)C=Cc2ccc(OCc3c(Cl)cccc3Cl)c(OC)c2)c(OC)cc1Cl. The second-order valence-corrected chi connectivity index (χ2v) is 8.13. The Bertz CT molecular complexity index is 1190. The minimum atomic E-state index is -0.365. The van der Waals surface area contributed by atoms with Gasteiger partial charge in [0.05, 0.1) is 32.0 Å². The standard InChI is InChI=1S/C25H22Cl3NO5/c1-31-22-13-20(23(32-2)12-19(22)28)29-25(30)10-8-15-7-9-21(24(11-15)33-3)34-14-16-17(26)5-4-6-18(16)27/h4-13H,14H2,1-3H3,(H,29,30). The quantitative estimate of drug-likeness (QED) is 0.310. The largest absolute Gasteiger partial charge is 0.495 e. The average Bonchev–Trinajstić information content (AvgIpc) is 2.83. The van der Waals surface area contributed by atoms with E-state index < -0.39 is 0 Å². The number of ether oxygens (including phenoxy) is 4. The predicted octanol–water partition coefficient (Wildman–Crippen LogP) is 6.90. The fourth-order valence-corrected chi connectivity index (χ4v) is 3.77. The molecule has 0 radical (unpaired) electrons. The molecule has 0 aliphatic rings. The summed E-state index contributed by atoms with van der Waals surface area (Å²) in [6.07, 6.45) is 3.03. The fraction of sp³-hybridized carbons (Fsp3) is 0.160. The molecule has 1 N–H and O–H groups in total. The summed E-state index contributed by atoms with van der Waals surface area (Å²) in [6.45, 7) is 0.179. The lowest BCUT2D eigenvalue weighted by atomic mass is 10.2. The molecule has 0 fully saturated rings. The molecular weight excluding hydrogens is 501 g/mol. The van der Waals surface area contributed by atoms with E-state index in [1.54, 1.807) is 54.6 Å². The third-order valence-corrected chi connectivity index (χ3v) is 5.78. The number of amides is 1. The van der Waals surface area contributed by atoms with Crippen molar-refractivity contribution in [2.75, 3.05) is 26.6 Å². The minimum absolute atomic E-state index is 0.179. The minimum Gasteiger partial charge on any atom is -0.495 e. The molecule has 9 heteroatoms. The summed E-state index contributed by atoms with van der Waals surface area (Å²) in [5.41, 5.74) is 1.84. The fourth-order valence-electron chi connectivity index (χ4n) is 3.03. The first-order valence-electron chi connectivity index (χ1n) is 10.0. The van der Waals surface area contributed by atoms with Gasteiger partial charge in [-0.15, -0.1) is 0 Å². The third kappa shape index (κ3) is 6.29. The number of halogens is 3. The number of anilines is 1. The Kier molecular flexibility index (Phi) is 8.93. The van der Waals surface area contributed by atoms with E-state index in [1.807, 2.05) is 0 Å². The molecule has 0 saturated carbocycles. The second-order valence-electron chi connectivity index (χ2n) is 6.91. The van der Waals surface area contributed by atoms with Crippen LogP contribution in [0.5, 0.6) is 23.0 Å². The van der Waals surface area contributed by atoms with Crippen molar-refractivity contribution in [3.63, 3.8) is 0 Å². The summed E-state index contributed by atoms with van der Waals surface area (Å²) in [5.74, 6) is 1.47. The molecule has 0 atom stereocenters. The predicted molar refractivity (Wildman–Crippen MR) is 136 cm³/mol. The van der Waals surface area contributed by atoms with Gasteiger partial charge >= 0.3 is 0 Å². The Labute approximate surface area is 212 Å². The number of methoxy groups -OCH3 is 3. The monoisotopic (exact) mass is 521 g/mol. The molecule has 3 aromatic rings.